The normalized spacial score (nSPS) is 11.2. The zero-order valence-corrected chi connectivity index (χ0v) is 16.1. The summed E-state index contributed by atoms with van der Waals surface area (Å²) in [7, 11) is -1.88. The molecule has 1 amide bonds. The zero-order valence-electron chi connectivity index (χ0n) is 15.3. The number of nitrogens with zero attached hydrogens (tertiary/aromatic N) is 1. The molecule has 0 aliphatic heterocycles. The van der Waals surface area contributed by atoms with E-state index in [1.807, 2.05) is 32.9 Å². The van der Waals surface area contributed by atoms with Crippen LogP contribution in [0.2, 0.25) is 0 Å². The van der Waals surface area contributed by atoms with Gasteiger partial charge in [-0.3, -0.25) is 9.10 Å². The predicted octanol–water partition coefficient (Wildman–Crippen LogP) is 3.65. The highest BCUT2D eigenvalue weighted by atomic mass is 32.2. The van der Waals surface area contributed by atoms with Gasteiger partial charge in [0, 0.05) is 18.3 Å². The second kappa shape index (κ2) is 7.27. The fraction of sp³-hybridized carbons (Fsp3) is 0.316. The second-order valence-corrected chi connectivity index (χ2v) is 8.44. The summed E-state index contributed by atoms with van der Waals surface area (Å²) in [5.74, 6) is -0.263. The van der Waals surface area contributed by atoms with Crippen LogP contribution in [0, 0.1) is 20.8 Å². The van der Waals surface area contributed by atoms with Crippen LogP contribution in [0.25, 0.3) is 0 Å². The van der Waals surface area contributed by atoms with E-state index in [0.717, 1.165) is 22.4 Å². The number of carbonyl (C=O) groups is 1. The highest BCUT2D eigenvalue weighted by Gasteiger charge is 2.17. The first-order chi connectivity index (χ1) is 11.7. The van der Waals surface area contributed by atoms with Crippen LogP contribution >= 0.6 is 0 Å². The van der Waals surface area contributed by atoms with Crippen LogP contribution in [-0.4, -0.2) is 27.1 Å². The van der Waals surface area contributed by atoms with Gasteiger partial charge in [-0.05, 0) is 57.0 Å². The number of benzene rings is 2. The topological polar surface area (TPSA) is 66.5 Å². The van der Waals surface area contributed by atoms with Crippen LogP contribution in [0.1, 0.15) is 34.0 Å². The molecule has 0 bridgehead atoms. The van der Waals surface area contributed by atoms with Gasteiger partial charge < -0.3 is 5.32 Å². The highest BCUT2D eigenvalue weighted by molar-refractivity contribution is 7.92. The zero-order chi connectivity index (χ0) is 18.8. The standard InChI is InChI=1S/C19H24N2O3S/c1-6-25(23,24)21(5)17-9-7-8-16(12-17)19(22)20-18-14(3)10-13(2)11-15(18)4/h7-12H,6H2,1-5H3,(H,20,22). The molecule has 0 saturated carbocycles. The van der Waals surface area contributed by atoms with E-state index in [-0.39, 0.29) is 11.7 Å². The van der Waals surface area contributed by atoms with Gasteiger partial charge in [-0.25, -0.2) is 8.42 Å². The van der Waals surface area contributed by atoms with Gasteiger partial charge in [-0.1, -0.05) is 23.8 Å². The summed E-state index contributed by atoms with van der Waals surface area (Å²) in [5, 5.41) is 2.93. The SMILES string of the molecule is CCS(=O)(=O)N(C)c1cccc(C(=O)Nc2c(C)cc(C)cc2C)c1. The molecule has 0 aliphatic rings. The van der Waals surface area contributed by atoms with Crippen molar-refractivity contribution in [3.8, 4) is 0 Å². The van der Waals surface area contributed by atoms with Gasteiger partial charge in [0.05, 0.1) is 11.4 Å². The number of amides is 1. The van der Waals surface area contributed by atoms with Crippen LogP contribution in [0.3, 0.4) is 0 Å². The highest BCUT2D eigenvalue weighted by Crippen LogP contribution is 2.24. The smallest absolute Gasteiger partial charge is 0.255 e. The fourth-order valence-electron chi connectivity index (χ4n) is 2.76. The van der Waals surface area contributed by atoms with Crippen LogP contribution in [0.4, 0.5) is 11.4 Å². The van der Waals surface area contributed by atoms with Crippen molar-refractivity contribution in [2.75, 3.05) is 22.4 Å². The van der Waals surface area contributed by atoms with Crippen molar-refractivity contribution < 1.29 is 13.2 Å². The molecule has 2 aromatic rings. The Labute approximate surface area is 149 Å². The van der Waals surface area contributed by atoms with Gasteiger partial charge in [0.25, 0.3) is 5.91 Å². The van der Waals surface area contributed by atoms with Gasteiger partial charge in [-0.15, -0.1) is 0 Å². The minimum Gasteiger partial charge on any atom is -0.322 e. The van der Waals surface area contributed by atoms with E-state index in [0.29, 0.717) is 11.3 Å². The molecule has 2 rings (SSSR count). The molecule has 0 atom stereocenters. The molecule has 25 heavy (non-hydrogen) atoms. The lowest BCUT2D eigenvalue weighted by Crippen LogP contribution is -2.28. The van der Waals surface area contributed by atoms with Gasteiger partial charge >= 0.3 is 0 Å². The Balaban J connectivity index is 2.31. The summed E-state index contributed by atoms with van der Waals surface area (Å²) < 4.78 is 25.2. The molecule has 0 fully saturated rings. The summed E-state index contributed by atoms with van der Waals surface area (Å²) in [6, 6.07) is 10.6. The molecule has 0 spiro atoms. The summed E-state index contributed by atoms with van der Waals surface area (Å²) in [6.45, 7) is 7.51. The third kappa shape index (κ3) is 4.20. The van der Waals surface area contributed by atoms with Gasteiger partial charge in [0.15, 0.2) is 0 Å². The van der Waals surface area contributed by atoms with E-state index < -0.39 is 10.0 Å². The molecule has 1 N–H and O–H groups in total. The van der Waals surface area contributed by atoms with Gasteiger partial charge in [-0.2, -0.15) is 0 Å². The Hall–Kier alpha value is -2.34. The van der Waals surface area contributed by atoms with Crippen molar-refractivity contribution in [2.45, 2.75) is 27.7 Å². The number of nitrogens with one attached hydrogen (secondary N) is 1. The van der Waals surface area contributed by atoms with E-state index in [9.17, 15) is 13.2 Å². The quantitative estimate of drug-likeness (QED) is 0.885. The lowest BCUT2D eigenvalue weighted by atomic mass is 10.0. The third-order valence-electron chi connectivity index (χ3n) is 4.17. The number of sulfonamides is 1. The summed E-state index contributed by atoms with van der Waals surface area (Å²) >= 11 is 0. The molecule has 0 unspecified atom stereocenters. The lowest BCUT2D eigenvalue weighted by Gasteiger charge is -2.19. The molecule has 134 valence electrons. The molecular formula is C19H24N2O3S. The number of aryl methyl sites for hydroxylation is 3. The van der Waals surface area contributed by atoms with E-state index in [1.54, 1.807) is 31.2 Å². The molecule has 0 saturated heterocycles. The third-order valence-corrected chi connectivity index (χ3v) is 5.94. The molecule has 0 radical (unpaired) electrons. The Bertz CT molecular complexity index is 882. The predicted molar refractivity (Wildman–Crippen MR) is 103 cm³/mol. The maximum atomic E-state index is 12.6. The van der Waals surface area contributed by atoms with Crippen molar-refractivity contribution in [1.82, 2.24) is 0 Å². The van der Waals surface area contributed by atoms with Crippen molar-refractivity contribution in [3.63, 3.8) is 0 Å². The fourth-order valence-corrected chi connectivity index (χ4v) is 3.58. The Kier molecular flexibility index (Phi) is 5.52. The summed E-state index contributed by atoms with van der Waals surface area (Å²) in [6.07, 6.45) is 0. The summed E-state index contributed by atoms with van der Waals surface area (Å²) in [4.78, 5) is 12.6. The minimum absolute atomic E-state index is 0.00167. The molecular weight excluding hydrogens is 336 g/mol. The number of anilines is 2. The molecule has 0 heterocycles. The molecule has 0 aromatic heterocycles. The number of carbonyl (C=O) groups excluding carboxylic acids is 1. The van der Waals surface area contributed by atoms with Crippen molar-refractivity contribution in [2.24, 2.45) is 0 Å². The summed E-state index contributed by atoms with van der Waals surface area (Å²) in [5.41, 5.74) is 4.79. The van der Waals surface area contributed by atoms with E-state index in [4.69, 9.17) is 0 Å². The number of rotatable bonds is 5. The molecule has 0 aliphatic carbocycles. The van der Waals surface area contributed by atoms with Crippen LogP contribution < -0.4 is 9.62 Å². The first kappa shape index (κ1) is 19.0. The molecule has 6 heteroatoms. The Morgan fingerprint density at radius 1 is 1.08 bits per heavy atom. The first-order valence-electron chi connectivity index (χ1n) is 8.11. The molecule has 2 aromatic carbocycles. The minimum atomic E-state index is -3.37. The monoisotopic (exact) mass is 360 g/mol. The van der Waals surface area contributed by atoms with Crippen molar-refractivity contribution in [1.29, 1.82) is 0 Å². The maximum Gasteiger partial charge on any atom is 0.255 e. The van der Waals surface area contributed by atoms with E-state index in [1.165, 1.54) is 11.4 Å². The maximum absolute atomic E-state index is 12.6. The van der Waals surface area contributed by atoms with Gasteiger partial charge in [0.1, 0.15) is 0 Å². The average Bonchev–Trinajstić information content (AvgIpc) is 2.57. The van der Waals surface area contributed by atoms with E-state index in [2.05, 4.69) is 5.32 Å². The van der Waals surface area contributed by atoms with Crippen LogP contribution in [0.15, 0.2) is 36.4 Å². The Morgan fingerprint density at radius 2 is 1.68 bits per heavy atom. The average molecular weight is 360 g/mol. The van der Waals surface area contributed by atoms with Crippen molar-refractivity contribution in [3.05, 3.63) is 58.7 Å². The van der Waals surface area contributed by atoms with Gasteiger partial charge in [0.2, 0.25) is 10.0 Å². The van der Waals surface area contributed by atoms with Crippen LogP contribution in [0.5, 0.6) is 0 Å². The largest absolute Gasteiger partial charge is 0.322 e. The molecule has 5 nitrogen and oxygen atoms in total. The number of hydrogen-bond donors (Lipinski definition) is 1. The second-order valence-electron chi connectivity index (χ2n) is 6.15. The van der Waals surface area contributed by atoms with Crippen LogP contribution in [-0.2, 0) is 10.0 Å². The van der Waals surface area contributed by atoms with Crippen molar-refractivity contribution >= 4 is 27.3 Å². The first-order valence-corrected chi connectivity index (χ1v) is 9.72. The number of hydrogen-bond acceptors (Lipinski definition) is 3. The lowest BCUT2D eigenvalue weighted by molar-refractivity contribution is 0.102. The Morgan fingerprint density at radius 3 is 2.24 bits per heavy atom. The van der Waals surface area contributed by atoms with E-state index >= 15 is 0 Å².